The molecule has 0 aliphatic carbocycles. The normalized spacial score (nSPS) is 12.9. The third-order valence-corrected chi connectivity index (χ3v) is 4.01. The molecule has 1 atom stereocenters. The van der Waals surface area contributed by atoms with Crippen LogP contribution in [0.3, 0.4) is 0 Å². The maximum absolute atomic E-state index is 11.5. The van der Waals surface area contributed by atoms with E-state index in [4.69, 9.17) is 0 Å². The third kappa shape index (κ3) is 3.53. The van der Waals surface area contributed by atoms with Gasteiger partial charge in [-0.2, -0.15) is 0 Å². The van der Waals surface area contributed by atoms with Crippen LogP contribution in [0.1, 0.15) is 38.1 Å². The number of halogens is 1. The average Bonchev–Trinajstić information content (AvgIpc) is 2.65. The molecule has 15 heavy (non-hydrogen) atoms. The molecule has 0 aromatic carbocycles. The lowest BCUT2D eigenvalue weighted by Crippen LogP contribution is -2.21. The molecule has 1 aromatic rings. The molecule has 0 saturated heterocycles. The molecule has 84 valence electrons. The van der Waals surface area contributed by atoms with Crippen LogP contribution in [0.4, 0.5) is 5.13 Å². The first-order valence-corrected chi connectivity index (χ1v) is 6.56. The summed E-state index contributed by atoms with van der Waals surface area (Å²) in [5.74, 6) is 0.281. The number of anilines is 1. The van der Waals surface area contributed by atoms with E-state index in [0.717, 1.165) is 11.4 Å². The summed E-state index contributed by atoms with van der Waals surface area (Å²) in [6.07, 6.45) is 0.752. The Hall–Kier alpha value is -0.490. The first kappa shape index (κ1) is 12.6. The fourth-order valence-corrected chi connectivity index (χ4v) is 1.75. The summed E-state index contributed by atoms with van der Waals surface area (Å²) in [5, 5.41) is 12.1. The molecule has 6 heteroatoms. The lowest BCUT2D eigenvalue weighted by Gasteiger charge is -2.04. The Kier molecular flexibility index (Phi) is 4.66. The van der Waals surface area contributed by atoms with Gasteiger partial charge < -0.3 is 0 Å². The summed E-state index contributed by atoms with van der Waals surface area (Å²) in [6, 6.07) is 0. The second-order valence-electron chi connectivity index (χ2n) is 3.47. The Morgan fingerprint density at radius 3 is 2.67 bits per heavy atom. The van der Waals surface area contributed by atoms with Crippen LogP contribution < -0.4 is 5.32 Å². The van der Waals surface area contributed by atoms with E-state index in [2.05, 4.69) is 31.4 Å². The van der Waals surface area contributed by atoms with Gasteiger partial charge in [-0.15, -0.1) is 10.2 Å². The lowest BCUT2D eigenvalue weighted by atomic mass is 10.2. The van der Waals surface area contributed by atoms with Crippen molar-refractivity contribution in [3.63, 3.8) is 0 Å². The zero-order valence-electron chi connectivity index (χ0n) is 8.95. The van der Waals surface area contributed by atoms with Gasteiger partial charge in [0.15, 0.2) is 0 Å². The zero-order chi connectivity index (χ0) is 11.4. The molecule has 1 amide bonds. The van der Waals surface area contributed by atoms with Gasteiger partial charge in [0, 0.05) is 5.92 Å². The SMILES string of the molecule is CCC(Br)C(=O)Nc1nnc(C(C)C)s1. The minimum Gasteiger partial charge on any atom is -0.300 e. The number of carbonyl (C=O) groups excluding carboxylic acids is 1. The Bertz CT molecular complexity index is 340. The molecule has 0 aliphatic heterocycles. The van der Waals surface area contributed by atoms with Crippen molar-refractivity contribution in [2.45, 2.75) is 37.9 Å². The minimum absolute atomic E-state index is 0.0658. The first-order valence-electron chi connectivity index (χ1n) is 4.83. The molecule has 4 nitrogen and oxygen atoms in total. The van der Waals surface area contributed by atoms with Crippen LogP contribution in [0.2, 0.25) is 0 Å². The average molecular weight is 292 g/mol. The van der Waals surface area contributed by atoms with Crippen LogP contribution >= 0.6 is 27.3 Å². The van der Waals surface area contributed by atoms with Crippen LogP contribution in [0.15, 0.2) is 0 Å². The van der Waals surface area contributed by atoms with E-state index < -0.39 is 0 Å². The van der Waals surface area contributed by atoms with E-state index in [9.17, 15) is 4.79 Å². The van der Waals surface area contributed by atoms with Crippen molar-refractivity contribution in [3.8, 4) is 0 Å². The van der Waals surface area contributed by atoms with E-state index >= 15 is 0 Å². The van der Waals surface area contributed by atoms with Crippen molar-refractivity contribution in [1.82, 2.24) is 10.2 Å². The van der Waals surface area contributed by atoms with Gasteiger partial charge in [0.1, 0.15) is 5.01 Å². The van der Waals surface area contributed by atoms with Gasteiger partial charge in [0.25, 0.3) is 0 Å². The highest BCUT2D eigenvalue weighted by Crippen LogP contribution is 2.22. The highest BCUT2D eigenvalue weighted by molar-refractivity contribution is 9.10. The van der Waals surface area contributed by atoms with Crippen LogP contribution in [0.5, 0.6) is 0 Å². The monoisotopic (exact) mass is 291 g/mol. The first-order chi connectivity index (χ1) is 7.04. The Balaban J connectivity index is 2.61. The van der Waals surface area contributed by atoms with Crippen LogP contribution in [-0.2, 0) is 4.79 Å². The summed E-state index contributed by atoms with van der Waals surface area (Å²) in [7, 11) is 0. The predicted molar refractivity (Wildman–Crippen MR) is 65.6 cm³/mol. The number of alkyl halides is 1. The number of hydrogen-bond acceptors (Lipinski definition) is 4. The van der Waals surface area contributed by atoms with Crippen molar-refractivity contribution in [1.29, 1.82) is 0 Å². The summed E-state index contributed by atoms with van der Waals surface area (Å²) in [6.45, 7) is 6.04. The number of nitrogens with one attached hydrogen (secondary N) is 1. The van der Waals surface area contributed by atoms with E-state index in [1.165, 1.54) is 11.3 Å². The number of rotatable bonds is 4. The quantitative estimate of drug-likeness (QED) is 0.868. The molecule has 0 radical (unpaired) electrons. The van der Waals surface area contributed by atoms with Crippen LogP contribution in [0.25, 0.3) is 0 Å². The van der Waals surface area contributed by atoms with Gasteiger partial charge >= 0.3 is 0 Å². The van der Waals surface area contributed by atoms with Gasteiger partial charge in [-0.1, -0.05) is 48.0 Å². The summed E-state index contributed by atoms with van der Waals surface area (Å²) in [4.78, 5) is 11.3. The van der Waals surface area contributed by atoms with Crippen LogP contribution in [-0.4, -0.2) is 20.9 Å². The number of hydrogen-bond donors (Lipinski definition) is 1. The topological polar surface area (TPSA) is 54.9 Å². The Labute approximate surface area is 102 Å². The summed E-state index contributed by atoms with van der Waals surface area (Å²) < 4.78 is 0. The molecule has 1 heterocycles. The van der Waals surface area contributed by atoms with E-state index in [1.807, 2.05) is 20.8 Å². The Morgan fingerprint density at radius 2 is 2.20 bits per heavy atom. The van der Waals surface area contributed by atoms with E-state index in [1.54, 1.807) is 0 Å². The second-order valence-corrected chi connectivity index (χ2v) is 5.58. The summed E-state index contributed by atoms with van der Waals surface area (Å²) >= 11 is 4.70. The Morgan fingerprint density at radius 1 is 1.53 bits per heavy atom. The zero-order valence-corrected chi connectivity index (χ0v) is 11.4. The van der Waals surface area contributed by atoms with Gasteiger partial charge in [0.2, 0.25) is 11.0 Å². The highest BCUT2D eigenvalue weighted by Gasteiger charge is 2.15. The number of nitrogens with zero attached hydrogens (tertiary/aromatic N) is 2. The third-order valence-electron chi connectivity index (χ3n) is 1.81. The minimum atomic E-state index is -0.163. The predicted octanol–water partition coefficient (Wildman–Crippen LogP) is 2.77. The van der Waals surface area contributed by atoms with Gasteiger partial charge in [-0.3, -0.25) is 10.1 Å². The number of carbonyl (C=O) groups is 1. The molecular formula is C9H14BrN3OS. The molecule has 1 rings (SSSR count). The molecule has 0 aliphatic rings. The van der Waals surface area contributed by atoms with Crippen LogP contribution in [0, 0.1) is 0 Å². The number of aromatic nitrogens is 2. The van der Waals surface area contributed by atoms with Crippen molar-refractivity contribution in [3.05, 3.63) is 5.01 Å². The maximum Gasteiger partial charge on any atom is 0.239 e. The molecular weight excluding hydrogens is 278 g/mol. The highest BCUT2D eigenvalue weighted by atomic mass is 79.9. The largest absolute Gasteiger partial charge is 0.300 e. The fourth-order valence-electron chi connectivity index (χ4n) is 0.887. The standard InChI is InChI=1S/C9H14BrN3OS/c1-4-6(10)7(14)11-9-13-12-8(15-9)5(2)3/h5-6H,4H2,1-3H3,(H,11,13,14). The van der Waals surface area contributed by atoms with Crippen molar-refractivity contribution < 1.29 is 4.79 Å². The smallest absolute Gasteiger partial charge is 0.239 e. The molecule has 0 spiro atoms. The number of amides is 1. The molecule has 0 saturated carbocycles. The van der Waals surface area contributed by atoms with Crippen molar-refractivity contribution in [2.75, 3.05) is 5.32 Å². The van der Waals surface area contributed by atoms with E-state index in [-0.39, 0.29) is 10.7 Å². The molecule has 0 bridgehead atoms. The van der Waals surface area contributed by atoms with Gasteiger partial charge in [-0.25, -0.2) is 0 Å². The molecule has 1 unspecified atom stereocenters. The van der Waals surface area contributed by atoms with Crippen molar-refractivity contribution in [2.24, 2.45) is 0 Å². The molecule has 1 aromatic heterocycles. The second kappa shape index (κ2) is 5.55. The fraction of sp³-hybridized carbons (Fsp3) is 0.667. The lowest BCUT2D eigenvalue weighted by molar-refractivity contribution is -0.115. The van der Waals surface area contributed by atoms with E-state index in [0.29, 0.717) is 11.0 Å². The molecule has 1 N–H and O–H groups in total. The summed E-state index contributed by atoms with van der Waals surface area (Å²) in [5.41, 5.74) is 0. The van der Waals surface area contributed by atoms with Gasteiger partial charge in [-0.05, 0) is 6.42 Å². The molecule has 0 fully saturated rings. The van der Waals surface area contributed by atoms with Crippen molar-refractivity contribution >= 4 is 38.3 Å². The maximum atomic E-state index is 11.5. The van der Waals surface area contributed by atoms with Gasteiger partial charge in [0.05, 0.1) is 4.83 Å².